The van der Waals surface area contributed by atoms with Crippen molar-refractivity contribution in [2.24, 2.45) is 5.92 Å². The SMILES string of the molecule is CCCOC(=O)N1CCC(CCc2cc(OC3CCC(Nc4ccc(C#N)c(C(F)(F)F)c4)CC3)ccn2)CC1. The van der Waals surface area contributed by atoms with Gasteiger partial charge in [0, 0.05) is 42.8 Å². The molecule has 0 unspecified atom stereocenters. The molecule has 1 saturated heterocycles. The Morgan fingerprint density at radius 3 is 2.55 bits per heavy atom. The second-order valence-corrected chi connectivity index (χ2v) is 10.7. The Morgan fingerprint density at radius 1 is 1.12 bits per heavy atom. The fraction of sp³-hybridized carbons (Fsp3) is 0.567. The number of pyridine rings is 1. The van der Waals surface area contributed by atoms with Gasteiger partial charge in [0.15, 0.2) is 0 Å². The number of hydrogen-bond acceptors (Lipinski definition) is 6. The highest BCUT2D eigenvalue weighted by Gasteiger charge is 2.34. The third kappa shape index (κ3) is 8.26. The number of nitrogens with zero attached hydrogens (tertiary/aromatic N) is 3. The van der Waals surface area contributed by atoms with Crippen LogP contribution in [0.3, 0.4) is 0 Å². The average Bonchev–Trinajstić information content (AvgIpc) is 2.96. The normalized spacial score (nSPS) is 20.0. The number of carbonyl (C=O) groups is 1. The van der Waals surface area contributed by atoms with Crippen molar-refractivity contribution in [1.29, 1.82) is 5.26 Å². The highest BCUT2D eigenvalue weighted by molar-refractivity contribution is 5.67. The number of alkyl halides is 3. The van der Waals surface area contributed by atoms with E-state index in [0.29, 0.717) is 18.2 Å². The van der Waals surface area contributed by atoms with Gasteiger partial charge in [-0.1, -0.05) is 6.92 Å². The van der Waals surface area contributed by atoms with Crippen molar-refractivity contribution < 1.29 is 27.4 Å². The summed E-state index contributed by atoms with van der Waals surface area (Å²) in [5.41, 5.74) is 0.0697. The molecule has 2 aromatic rings. The summed E-state index contributed by atoms with van der Waals surface area (Å²) in [7, 11) is 0. The molecule has 1 aromatic carbocycles. The molecule has 0 bridgehead atoms. The number of nitrogens with one attached hydrogen (secondary N) is 1. The van der Waals surface area contributed by atoms with Gasteiger partial charge in [-0.25, -0.2) is 4.79 Å². The third-order valence-electron chi connectivity index (χ3n) is 7.69. The maximum Gasteiger partial charge on any atom is 0.417 e. The van der Waals surface area contributed by atoms with Crippen LogP contribution in [0.5, 0.6) is 5.75 Å². The first-order valence-electron chi connectivity index (χ1n) is 14.2. The highest BCUT2D eigenvalue weighted by atomic mass is 19.4. The average molecular weight is 559 g/mol. The maximum absolute atomic E-state index is 13.3. The Balaban J connectivity index is 1.20. The molecule has 4 rings (SSSR count). The van der Waals surface area contributed by atoms with Crippen molar-refractivity contribution >= 4 is 11.8 Å². The van der Waals surface area contributed by atoms with E-state index in [9.17, 15) is 18.0 Å². The fourth-order valence-electron chi connectivity index (χ4n) is 5.42. The van der Waals surface area contributed by atoms with Gasteiger partial charge in [0.1, 0.15) is 5.75 Å². The quantitative estimate of drug-likeness (QED) is 0.358. The van der Waals surface area contributed by atoms with Crippen LogP contribution in [-0.4, -0.2) is 47.8 Å². The summed E-state index contributed by atoms with van der Waals surface area (Å²) in [6.07, 6.45) is 4.77. The number of aryl methyl sites for hydroxylation is 1. The number of rotatable bonds is 9. The summed E-state index contributed by atoms with van der Waals surface area (Å²) in [4.78, 5) is 18.4. The molecular formula is C30H37F3N4O3. The van der Waals surface area contributed by atoms with E-state index >= 15 is 0 Å². The predicted octanol–water partition coefficient (Wildman–Crippen LogP) is 6.97. The van der Waals surface area contributed by atoms with Crippen molar-refractivity contribution in [1.82, 2.24) is 9.88 Å². The number of aromatic nitrogens is 1. The number of nitriles is 1. The summed E-state index contributed by atoms with van der Waals surface area (Å²) in [5, 5.41) is 12.2. The Bertz CT molecular complexity index is 1170. The lowest BCUT2D eigenvalue weighted by Crippen LogP contribution is -2.39. The van der Waals surface area contributed by atoms with Gasteiger partial charge >= 0.3 is 12.3 Å². The number of likely N-dealkylation sites (tertiary alicyclic amines) is 1. The topological polar surface area (TPSA) is 87.5 Å². The molecular weight excluding hydrogens is 521 g/mol. The zero-order chi connectivity index (χ0) is 28.5. The lowest BCUT2D eigenvalue weighted by atomic mass is 9.91. The molecule has 0 spiro atoms. The summed E-state index contributed by atoms with van der Waals surface area (Å²) >= 11 is 0. The molecule has 10 heteroatoms. The van der Waals surface area contributed by atoms with Gasteiger partial charge in [-0.2, -0.15) is 18.4 Å². The molecule has 1 saturated carbocycles. The molecule has 1 aliphatic carbocycles. The minimum absolute atomic E-state index is 0.0387. The number of benzene rings is 1. The van der Waals surface area contributed by atoms with E-state index in [1.807, 2.05) is 19.1 Å². The smallest absolute Gasteiger partial charge is 0.417 e. The van der Waals surface area contributed by atoms with Crippen LogP contribution in [0, 0.1) is 17.2 Å². The van der Waals surface area contributed by atoms with Crippen molar-refractivity contribution in [2.45, 2.75) is 83.0 Å². The van der Waals surface area contributed by atoms with Crippen LogP contribution >= 0.6 is 0 Å². The predicted molar refractivity (Wildman–Crippen MR) is 145 cm³/mol. The van der Waals surface area contributed by atoms with Gasteiger partial charge in [-0.3, -0.25) is 4.98 Å². The molecule has 2 fully saturated rings. The monoisotopic (exact) mass is 558 g/mol. The minimum Gasteiger partial charge on any atom is -0.490 e. The van der Waals surface area contributed by atoms with Crippen LogP contribution in [0.15, 0.2) is 36.5 Å². The van der Waals surface area contributed by atoms with Crippen molar-refractivity contribution in [3.63, 3.8) is 0 Å². The first kappa shape index (κ1) is 29.5. The van der Waals surface area contributed by atoms with E-state index in [4.69, 9.17) is 14.7 Å². The van der Waals surface area contributed by atoms with Crippen LogP contribution < -0.4 is 10.1 Å². The Labute approximate surface area is 233 Å². The van der Waals surface area contributed by atoms with Crippen molar-refractivity contribution in [3.8, 4) is 11.8 Å². The van der Waals surface area contributed by atoms with Crippen LogP contribution in [0.4, 0.5) is 23.7 Å². The molecule has 0 atom stereocenters. The number of hydrogen-bond donors (Lipinski definition) is 1. The fourth-order valence-corrected chi connectivity index (χ4v) is 5.42. The second kappa shape index (κ2) is 13.7. The number of amides is 1. The molecule has 1 N–H and O–H groups in total. The van der Waals surface area contributed by atoms with E-state index in [-0.39, 0.29) is 23.8 Å². The van der Waals surface area contributed by atoms with Gasteiger partial charge in [0.2, 0.25) is 0 Å². The van der Waals surface area contributed by atoms with Gasteiger partial charge in [0.05, 0.1) is 29.9 Å². The number of ether oxygens (including phenoxy) is 2. The molecule has 2 heterocycles. The van der Waals surface area contributed by atoms with Crippen molar-refractivity contribution in [2.75, 3.05) is 25.0 Å². The van der Waals surface area contributed by atoms with E-state index in [0.717, 1.165) is 88.4 Å². The summed E-state index contributed by atoms with van der Waals surface area (Å²) in [5.74, 6) is 1.34. The van der Waals surface area contributed by atoms with Crippen molar-refractivity contribution in [3.05, 3.63) is 53.3 Å². The highest BCUT2D eigenvalue weighted by Crippen LogP contribution is 2.34. The Hall–Kier alpha value is -3.48. The second-order valence-electron chi connectivity index (χ2n) is 10.7. The van der Waals surface area contributed by atoms with Gasteiger partial charge in [0.25, 0.3) is 0 Å². The maximum atomic E-state index is 13.3. The standard InChI is InChI=1S/C30H37F3N4O3/c1-2-17-39-29(38)37-15-12-21(13-16-37)3-5-24-18-27(11-14-35-24)40-26-9-7-23(8-10-26)36-25-6-4-22(20-34)28(19-25)30(31,32)33/h4,6,11,14,18-19,21,23,26,36H,2-3,5,7-10,12-13,15-17H2,1H3. The molecule has 1 amide bonds. The van der Waals surface area contributed by atoms with Crippen LogP contribution in [-0.2, 0) is 17.3 Å². The first-order chi connectivity index (χ1) is 19.2. The van der Waals surface area contributed by atoms with E-state index in [2.05, 4.69) is 10.3 Å². The molecule has 1 aliphatic heterocycles. The largest absolute Gasteiger partial charge is 0.490 e. The van der Waals surface area contributed by atoms with Gasteiger partial charge in [-0.15, -0.1) is 0 Å². The summed E-state index contributed by atoms with van der Waals surface area (Å²) in [6.45, 7) is 3.91. The van der Waals surface area contributed by atoms with Gasteiger partial charge in [-0.05, 0) is 88.0 Å². The first-order valence-corrected chi connectivity index (χ1v) is 14.2. The number of halogens is 3. The molecule has 216 valence electrons. The number of anilines is 1. The molecule has 7 nitrogen and oxygen atoms in total. The number of carbonyl (C=O) groups excluding carboxylic acids is 1. The van der Waals surface area contributed by atoms with Crippen LogP contribution in [0.25, 0.3) is 0 Å². The zero-order valence-corrected chi connectivity index (χ0v) is 22.9. The summed E-state index contributed by atoms with van der Waals surface area (Å²) in [6, 6.07) is 9.28. The van der Waals surface area contributed by atoms with Crippen LogP contribution in [0.2, 0.25) is 0 Å². The Morgan fingerprint density at radius 2 is 1.88 bits per heavy atom. The molecule has 0 radical (unpaired) electrons. The lowest BCUT2D eigenvalue weighted by molar-refractivity contribution is -0.137. The number of piperidine rings is 1. The molecule has 1 aromatic heterocycles. The third-order valence-corrected chi connectivity index (χ3v) is 7.69. The molecule has 40 heavy (non-hydrogen) atoms. The van der Waals surface area contributed by atoms with E-state index in [1.165, 1.54) is 12.1 Å². The summed E-state index contributed by atoms with van der Waals surface area (Å²) < 4.78 is 51.3. The van der Waals surface area contributed by atoms with E-state index < -0.39 is 11.7 Å². The Kier molecular flexibility index (Phi) is 10.1. The van der Waals surface area contributed by atoms with Crippen LogP contribution in [0.1, 0.15) is 75.1 Å². The van der Waals surface area contributed by atoms with Gasteiger partial charge < -0.3 is 19.7 Å². The van der Waals surface area contributed by atoms with E-state index in [1.54, 1.807) is 17.2 Å². The lowest BCUT2D eigenvalue weighted by Gasteiger charge is -2.31. The minimum atomic E-state index is -4.57. The molecule has 2 aliphatic rings. The zero-order valence-electron chi connectivity index (χ0n) is 22.9.